The monoisotopic (exact) mass is 678 g/mol. The van der Waals surface area contributed by atoms with Gasteiger partial charge in [-0.15, -0.1) is 0 Å². The summed E-state index contributed by atoms with van der Waals surface area (Å²) in [7, 11) is 1.29. The highest BCUT2D eigenvalue weighted by atomic mass is 16.5. The maximum atomic E-state index is 13.5. The van der Waals surface area contributed by atoms with E-state index in [0.29, 0.717) is 13.1 Å². The molecule has 2 aromatic carbocycles. The number of nitrogens with zero attached hydrogens (tertiary/aromatic N) is 4. The molecular formula is C38H46N8O4. The second kappa shape index (κ2) is 14.8. The number of methoxy groups -OCH3 is 1. The van der Waals surface area contributed by atoms with Crippen molar-refractivity contribution >= 4 is 28.9 Å². The van der Waals surface area contributed by atoms with Crippen molar-refractivity contribution in [3.8, 4) is 23.1 Å². The molecule has 0 spiro atoms. The van der Waals surface area contributed by atoms with Gasteiger partial charge >= 0.3 is 6.09 Å². The molecule has 2 aliphatic rings. The van der Waals surface area contributed by atoms with Crippen LogP contribution in [-0.4, -0.2) is 79.9 Å². The number of aromatic nitrogens is 4. The Morgan fingerprint density at radius 1 is 0.880 bits per heavy atom. The van der Waals surface area contributed by atoms with E-state index in [4.69, 9.17) is 15.5 Å². The van der Waals surface area contributed by atoms with Gasteiger partial charge in [-0.1, -0.05) is 51.7 Å². The number of imidazole rings is 2. The Kier molecular flexibility index (Phi) is 10.2. The fourth-order valence-corrected chi connectivity index (χ4v) is 6.78. The first-order chi connectivity index (χ1) is 24.0. The van der Waals surface area contributed by atoms with E-state index in [1.165, 1.54) is 7.11 Å². The summed E-state index contributed by atoms with van der Waals surface area (Å²) in [5.41, 5.74) is 11.4. The number of amides is 3. The average molecular weight is 679 g/mol. The number of alkyl carbamates (subject to hydrolysis) is 1. The van der Waals surface area contributed by atoms with Crippen LogP contribution in [0.3, 0.4) is 0 Å². The van der Waals surface area contributed by atoms with Gasteiger partial charge < -0.3 is 35.6 Å². The van der Waals surface area contributed by atoms with Crippen LogP contribution >= 0.6 is 0 Å². The summed E-state index contributed by atoms with van der Waals surface area (Å²) in [4.78, 5) is 58.4. The predicted octanol–water partition coefficient (Wildman–Crippen LogP) is 5.04. The molecule has 4 aromatic rings. The zero-order valence-corrected chi connectivity index (χ0v) is 29.3. The molecule has 2 aromatic heterocycles. The lowest BCUT2D eigenvalue weighted by atomic mass is 10.0. The maximum absolute atomic E-state index is 13.5. The quantitative estimate of drug-likeness (QED) is 0.190. The SMILES string of the molecule is COC(=O)N[C@H](C(=O)N1CCC[C@H]1c1nc2ccc(C#Cc3ccc(-c4cnc([C@@H]5CCCN5C(=O)[C@@H](N)C(C)C)[nH]4)cc3)cc2[nH]1)C(C)C. The zero-order chi connectivity index (χ0) is 35.5. The summed E-state index contributed by atoms with van der Waals surface area (Å²) in [6, 6.07) is 12.3. The minimum Gasteiger partial charge on any atom is -0.453 e. The van der Waals surface area contributed by atoms with Crippen LogP contribution < -0.4 is 11.1 Å². The fraction of sp³-hybridized carbons (Fsp3) is 0.447. The van der Waals surface area contributed by atoms with Gasteiger partial charge in [-0.2, -0.15) is 0 Å². The van der Waals surface area contributed by atoms with Gasteiger partial charge in [0.05, 0.1) is 48.2 Å². The topological polar surface area (TPSA) is 162 Å². The van der Waals surface area contributed by atoms with Gasteiger partial charge in [0.25, 0.3) is 0 Å². The number of likely N-dealkylation sites (tertiary alicyclic amines) is 2. The molecule has 5 N–H and O–H groups in total. The number of benzene rings is 2. The highest BCUT2D eigenvalue weighted by molar-refractivity contribution is 5.87. The Balaban J connectivity index is 1.13. The van der Waals surface area contributed by atoms with Crippen LogP contribution in [0.5, 0.6) is 0 Å². The van der Waals surface area contributed by atoms with E-state index in [-0.39, 0.29) is 35.7 Å². The molecule has 6 rings (SSSR count). The fourth-order valence-electron chi connectivity index (χ4n) is 6.78. The van der Waals surface area contributed by atoms with Crippen molar-refractivity contribution in [2.45, 2.75) is 77.5 Å². The molecule has 2 aliphatic heterocycles. The average Bonchev–Trinajstić information content (AvgIpc) is 3.94. The number of carbonyl (C=O) groups is 3. The molecule has 0 aliphatic carbocycles. The number of carbonyl (C=O) groups excluding carboxylic acids is 3. The van der Waals surface area contributed by atoms with Crippen LogP contribution in [0.4, 0.5) is 4.79 Å². The molecular weight excluding hydrogens is 632 g/mol. The molecule has 0 unspecified atom stereocenters. The van der Waals surface area contributed by atoms with Crippen molar-refractivity contribution in [1.82, 2.24) is 35.1 Å². The van der Waals surface area contributed by atoms with Crippen LogP contribution in [0.2, 0.25) is 0 Å². The summed E-state index contributed by atoms with van der Waals surface area (Å²) < 4.78 is 4.75. The van der Waals surface area contributed by atoms with E-state index in [0.717, 1.165) is 70.7 Å². The van der Waals surface area contributed by atoms with Crippen LogP contribution in [0, 0.1) is 23.7 Å². The lowest BCUT2D eigenvalue weighted by molar-refractivity contribution is -0.136. The Bertz CT molecular complexity index is 1920. The van der Waals surface area contributed by atoms with E-state index < -0.39 is 18.2 Å². The van der Waals surface area contributed by atoms with Crippen molar-refractivity contribution in [1.29, 1.82) is 0 Å². The molecule has 4 atom stereocenters. The van der Waals surface area contributed by atoms with Crippen LogP contribution in [0.25, 0.3) is 22.3 Å². The summed E-state index contributed by atoms with van der Waals surface area (Å²) in [6.45, 7) is 9.02. The third-order valence-electron chi connectivity index (χ3n) is 9.74. The zero-order valence-electron chi connectivity index (χ0n) is 29.3. The lowest BCUT2D eigenvalue weighted by Gasteiger charge is -2.29. The molecule has 12 heteroatoms. The van der Waals surface area contributed by atoms with Crippen molar-refractivity contribution < 1.29 is 19.1 Å². The number of H-pyrrole nitrogens is 2. The molecule has 12 nitrogen and oxygen atoms in total. The van der Waals surface area contributed by atoms with Gasteiger partial charge in [0.1, 0.15) is 17.7 Å². The molecule has 3 amide bonds. The van der Waals surface area contributed by atoms with Crippen molar-refractivity contribution in [2.75, 3.05) is 20.2 Å². The molecule has 50 heavy (non-hydrogen) atoms. The van der Waals surface area contributed by atoms with Crippen molar-refractivity contribution in [3.05, 3.63) is 71.4 Å². The molecule has 0 bridgehead atoms. The number of nitrogens with one attached hydrogen (secondary N) is 3. The number of aromatic amines is 2. The number of fused-ring (bicyclic) bond motifs is 1. The minimum absolute atomic E-state index is 0.0194. The molecule has 262 valence electrons. The number of hydrogen-bond donors (Lipinski definition) is 4. The van der Waals surface area contributed by atoms with E-state index >= 15 is 0 Å². The summed E-state index contributed by atoms with van der Waals surface area (Å²) in [5, 5.41) is 2.69. The van der Waals surface area contributed by atoms with Gasteiger partial charge in [0, 0.05) is 24.2 Å². The second-order valence-electron chi connectivity index (χ2n) is 13.9. The minimum atomic E-state index is -0.686. The summed E-state index contributed by atoms with van der Waals surface area (Å²) in [6.07, 6.45) is 4.61. The number of nitrogens with two attached hydrogens (primary N) is 1. The first-order valence-corrected chi connectivity index (χ1v) is 17.4. The van der Waals surface area contributed by atoms with Gasteiger partial charge in [-0.25, -0.2) is 14.8 Å². The molecule has 4 heterocycles. The van der Waals surface area contributed by atoms with Crippen molar-refractivity contribution in [3.63, 3.8) is 0 Å². The van der Waals surface area contributed by atoms with Crippen molar-refractivity contribution in [2.24, 2.45) is 17.6 Å². The van der Waals surface area contributed by atoms with Crippen LogP contribution in [0.1, 0.15) is 88.2 Å². The second-order valence-corrected chi connectivity index (χ2v) is 13.9. The Labute approximate surface area is 292 Å². The van der Waals surface area contributed by atoms with E-state index in [9.17, 15) is 14.4 Å². The summed E-state index contributed by atoms with van der Waals surface area (Å²) >= 11 is 0. The van der Waals surface area contributed by atoms with Crippen LogP contribution in [0.15, 0.2) is 48.7 Å². The van der Waals surface area contributed by atoms with Gasteiger partial charge in [0.15, 0.2) is 0 Å². The highest BCUT2D eigenvalue weighted by Gasteiger charge is 2.38. The molecule has 0 saturated carbocycles. The predicted molar refractivity (Wildman–Crippen MR) is 190 cm³/mol. The van der Waals surface area contributed by atoms with E-state index in [2.05, 4.69) is 32.1 Å². The van der Waals surface area contributed by atoms with Gasteiger partial charge in [-0.3, -0.25) is 9.59 Å². The first-order valence-electron chi connectivity index (χ1n) is 17.4. The van der Waals surface area contributed by atoms with E-state index in [1.807, 2.05) is 81.3 Å². The largest absolute Gasteiger partial charge is 0.453 e. The smallest absolute Gasteiger partial charge is 0.407 e. The standard InChI is InChI=1S/C38H46N8O4/c1-22(2)32(39)36(47)45-18-6-8-30(45)34-40-21-29(43-34)26-15-12-24(13-16-26)10-11-25-14-17-27-28(20-25)42-35(41-27)31-9-7-19-46(31)37(48)33(23(3)4)44-38(49)50-5/h12-17,20-23,30-33H,6-9,18-19,39H2,1-5H3,(H,40,43)(H,41,42)(H,44,49)/t30-,31-,32-,33-/m0/s1. The number of ether oxygens (including phenoxy) is 1. The normalized spacial score (nSPS) is 18.7. The van der Waals surface area contributed by atoms with Gasteiger partial charge in [0.2, 0.25) is 11.8 Å². The molecule has 0 radical (unpaired) electrons. The highest BCUT2D eigenvalue weighted by Crippen LogP contribution is 2.34. The number of rotatable bonds is 8. The molecule has 2 saturated heterocycles. The third kappa shape index (κ3) is 7.23. The van der Waals surface area contributed by atoms with E-state index in [1.54, 1.807) is 4.90 Å². The van der Waals surface area contributed by atoms with Gasteiger partial charge in [-0.05, 0) is 73.4 Å². The Morgan fingerprint density at radius 2 is 1.52 bits per heavy atom. The number of hydrogen-bond acceptors (Lipinski definition) is 7. The first kappa shape index (κ1) is 34.7. The maximum Gasteiger partial charge on any atom is 0.407 e. The Morgan fingerprint density at radius 3 is 2.18 bits per heavy atom. The lowest BCUT2D eigenvalue weighted by Crippen LogP contribution is -2.51. The molecule has 2 fully saturated rings. The van der Waals surface area contributed by atoms with Crippen LogP contribution in [-0.2, 0) is 14.3 Å². The third-order valence-corrected chi connectivity index (χ3v) is 9.74. The Hall–Kier alpha value is -5.15. The summed E-state index contributed by atoms with van der Waals surface area (Å²) in [5.74, 6) is 7.84.